The average Bonchev–Trinajstić information content (AvgIpc) is 2.60. The smallest absolute Gasteiger partial charge is 0.255 e. The molecule has 0 saturated carbocycles. The van der Waals surface area contributed by atoms with Gasteiger partial charge in [0.1, 0.15) is 0 Å². The third-order valence-electron chi connectivity index (χ3n) is 4.06. The lowest BCUT2D eigenvalue weighted by Gasteiger charge is -2.27. The molecule has 0 spiro atoms. The van der Waals surface area contributed by atoms with Crippen molar-refractivity contribution in [2.45, 2.75) is 45.4 Å². The number of likely N-dealkylation sites (tertiary alicyclic amines) is 1. The van der Waals surface area contributed by atoms with E-state index in [-0.39, 0.29) is 16.9 Å². The highest BCUT2D eigenvalue weighted by Crippen LogP contribution is 2.20. The zero-order valence-electron chi connectivity index (χ0n) is 14.1. The van der Waals surface area contributed by atoms with Crippen molar-refractivity contribution >= 4 is 34.8 Å². The number of carbonyl (C=O) groups excluding carboxylic acids is 2. The topological polar surface area (TPSA) is 61.4 Å². The third-order valence-corrected chi connectivity index (χ3v) is 4.26. The van der Waals surface area contributed by atoms with Crippen LogP contribution in [0.25, 0.3) is 0 Å². The summed E-state index contributed by atoms with van der Waals surface area (Å²) in [4.78, 5) is 26.4. The standard InChI is InChI=1S/C18H25N3O2S/c1-2-3-11-16(22)20-18(24)19-15-10-6-5-9-14(15)17(23)21-12-7-4-8-13-21/h5-6,9-10H,2-4,7-8,11-13H2,1H3,(H2,19,20,22,24). The first-order valence-corrected chi connectivity index (χ1v) is 9.01. The highest BCUT2D eigenvalue weighted by Gasteiger charge is 2.20. The van der Waals surface area contributed by atoms with Crippen molar-refractivity contribution in [3.63, 3.8) is 0 Å². The minimum Gasteiger partial charge on any atom is -0.339 e. The highest BCUT2D eigenvalue weighted by atomic mass is 32.1. The van der Waals surface area contributed by atoms with E-state index in [0.29, 0.717) is 17.7 Å². The molecule has 1 heterocycles. The number of amides is 2. The molecule has 5 nitrogen and oxygen atoms in total. The molecule has 0 radical (unpaired) electrons. The van der Waals surface area contributed by atoms with E-state index in [1.54, 1.807) is 6.07 Å². The van der Waals surface area contributed by atoms with Gasteiger partial charge in [-0.2, -0.15) is 0 Å². The van der Waals surface area contributed by atoms with Crippen LogP contribution in [0.5, 0.6) is 0 Å². The van der Waals surface area contributed by atoms with E-state index in [2.05, 4.69) is 10.6 Å². The van der Waals surface area contributed by atoms with Crippen LogP contribution in [-0.4, -0.2) is 34.9 Å². The van der Waals surface area contributed by atoms with Crippen LogP contribution < -0.4 is 10.6 Å². The molecular weight excluding hydrogens is 322 g/mol. The fourth-order valence-electron chi connectivity index (χ4n) is 2.73. The van der Waals surface area contributed by atoms with Gasteiger partial charge in [0.2, 0.25) is 5.91 Å². The number of unbranched alkanes of at least 4 members (excludes halogenated alkanes) is 1. The van der Waals surface area contributed by atoms with Gasteiger partial charge in [-0.3, -0.25) is 9.59 Å². The van der Waals surface area contributed by atoms with Gasteiger partial charge in [-0.25, -0.2) is 0 Å². The zero-order chi connectivity index (χ0) is 17.4. The van der Waals surface area contributed by atoms with Crippen LogP contribution in [0.1, 0.15) is 55.8 Å². The van der Waals surface area contributed by atoms with E-state index in [0.717, 1.165) is 38.8 Å². The molecule has 2 N–H and O–H groups in total. The molecule has 1 aliphatic rings. The fourth-order valence-corrected chi connectivity index (χ4v) is 2.95. The maximum absolute atomic E-state index is 12.7. The number of rotatable bonds is 5. The molecule has 6 heteroatoms. The Morgan fingerprint density at radius 2 is 1.88 bits per heavy atom. The van der Waals surface area contributed by atoms with Gasteiger partial charge in [0, 0.05) is 19.5 Å². The first-order valence-electron chi connectivity index (χ1n) is 8.61. The number of piperidine rings is 1. The van der Waals surface area contributed by atoms with Gasteiger partial charge in [0.15, 0.2) is 5.11 Å². The second kappa shape index (κ2) is 9.37. The Labute approximate surface area is 148 Å². The predicted octanol–water partition coefficient (Wildman–Crippen LogP) is 3.32. The average molecular weight is 347 g/mol. The summed E-state index contributed by atoms with van der Waals surface area (Å²) in [6, 6.07) is 7.28. The lowest BCUT2D eigenvalue weighted by atomic mass is 10.1. The third kappa shape index (κ3) is 5.30. The van der Waals surface area contributed by atoms with Gasteiger partial charge in [0.05, 0.1) is 11.3 Å². The van der Waals surface area contributed by atoms with E-state index in [1.807, 2.05) is 30.0 Å². The van der Waals surface area contributed by atoms with Crippen LogP contribution in [0.3, 0.4) is 0 Å². The number of nitrogens with zero attached hydrogens (tertiary/aromatic N) is 1. The number of hydrogen-bond acceptors (Lipinski definition) is 3. The van der Waals surface area contributed by atoms with Crippen LogP contribution in [0.15, 0.2) is 24.3 Å². The highest BCUT2D eigenvalue weighted by molar-refractivity contribution is 7.80. The van der Waals surface area contributed by atoms with E-state index in [9.17, 15) is 9.59 Å². The summed E-state index contributed by atoms with van der Waals surface area (Å²) in [5.74, 6) is -0.0907. The molecule has 1 aliphatic heterocycles. The molecule has 130 valence electrons. The number of nitrogens with one attached hydrogen (secondary N) is 2. The van der Waals surface area contributed by atoms with Crippen molar-refractivity contribution in [1.29, 1.82) is 0 Å². The second-order valence-electron chi connectivity index (χ2n) is 6.00. The largest absolute Gasteiger partial charge is 0.339 e. The molecule has 0 unspecified atom stereocenters. The Morgan fingerprint density at radius 1 is 1.17 bits per heavy atom. The SMILES string of the molecule is CCCCC(=O)NC(=S)Nc1ccccc1C(=O)N1CCCCC1. The summed E-state index contributed by atoms with van der Waals surface area (Å²) in [6.07, 6.45) is 5.52. The number of hydrogen-bond donors (Lipinski definition) is 2. The van der Waals surface area contributed by atoms with E-state index < -0.39 is 0 Å². The number of benzene rings is 1. The molecule has 1 fully saturated rings. The first-order chi connectivity index (χ1) is 11.6. The summed E-state index contributed by atoms with van der Waals surface area (Å²) < 4.78 is 0. The van der Waals surface area contributed by atoms with Gasteiger partial charge < -0.3 is 15.5 Å². The van der Waals surface area contributed by atoms with Gasteiger partial charge in [0.25, 0.3) is 5.91 Å². The van der Waals surface area contributed by atoms with Gasteiger partial charge >= 0.3 is 0 Å². The quantitative estimate of drug-likeness (QED) is 0.802. The van der Waals surface area contributed by atoms with Crippen molar-refractivity contribution in [3.8, 4) is 0 Å². The number of anilines is 1. The van der Waals surface area contributed by atoms with Gasteiger partial charge in [-0.15, -0.1) is 0 Å². The molecule has 1 saturated heterocycles. The molecule has 0 bridgehead atoms. The zero-order valence-corrected chi connectivity index (χ0v) is 15.0. The maximum Gasteiger partial charge on any atom is 0.255 e. The number of para-hydroxylation sites is 1. The van der Waals surface area contributed by atoms with E-state index in [1.165, 1.54) is 6.42 Å². The van der Waals surface area contributed by atoms with Crippen molar-refractivity contribution in [1.82, 2.24) is 10.2 Å². The second-order valence-corrected chi connectivity index (χ2v) is 6.41. The van der Waals surface area contributed by atoms with E-state index >= 15 is 0 Å². The van der Waals surface area contributed by atoms with Gasteiger partial charge in [-0.05, 0) is 50.0 Å². The van der Waals surface area contributed by atoms with Crippen LogP contribution in [0, 0.1) is 0 Å². The summed E-state index contributed by atoms with van der Waals surface area (Å²) >= 11 is 5.20. The number of thiocarbonyl (C=S) groups is 1. The molecule has 24 heavy (non-hydrogen) atoms. The Hall–Kier alpha value is -1.95. The van der Waals surface area contributed by atoms with Crippen LogP contribution in [-0.2, 0) is 4.79 Å². The summed E-state index contributed by atoms with van der Waals surface area (Å²) in [7, 11) is 0. The van der Waals surface area contributed by atoms with Crippen molar-refractivity contribution in [3.05, 3.63) is 29.8 Å². The molecule has 2 rings (SSSR count). The predicted molar refractivity (Wildman–Crippen MR) is 100 cm³/mol. The lowest BCUT2D eigenvalue weighted by Crippen LogP contribution is -2.37. The van der Waals surface area contributed by atoms with Crippen LogP contribution >= 0.6 is 12.2 Å². The molecule has 1 aromatic rings. The molecule has 1 aromatic carbocycles. The molecule has 0 aromatic heterocycles. The number of carbonyl (C=O) groups is 2. The normalized spacial score (nSPS) is 14.1. The first kappa shape index (κ1) is 18.4. The summed E-state index contributed by atoms with van der Waals surface area (Å²) in [5, 5.41) is 5.89. The Bertz CT molecular complexity index is 598. The van der Waals surface area contributed by atoms with Crippen LogP contribution in [0.4, 0.5) is 5.69 Å². The van der Waals surface area contributed by atoms with Crippen molar-refractivity contribution < 1.29 is 9.59 Å². The fraction of sp³-hybridized carbons (Fsp3) is 0.500. The van der Waals surface area contributed by atoms with Crippen LogP contribution in [0.2, 0.25) is 0 Å². The summed E-state index contributed by atoms with van der Waals surface area (Å²) in [5.41, 5.74) is 1.22. The molecular formula is C18H25N3O2S. The molecule has 0 aliphatic carbocycles. The summed E-state index contributed by atoms with van der Waals surface area (Å²) in [6.45, 7) is 3.63. The van der Waals surface area contributed by atoms with Gasteiger partial charge in [-0.1, -0.05) is 25.5 Å². The van der Waals surface area contributed by atoms with E-state index in [4.69, 9.17) is 12.2 Å². The van der Waals surface area contributed by atoms with Crippen molar-refractivity contribution in [2.24, 2.45) is 0 Å². The maximum atomic E-state index is 12.7. The molecule has 0 atom stereocenters. The minimum atomic E-state index is -0.103. The Morgan fingerprint density at radius 3 is 2.58 bits per heavy atom. The lowest BCUT2D eigenvalue weighted by molar-refractivity contribution is -0.119. The Kier molecular flexibility index (Phi) is 7.18. The van der Waals surface area contributed by atoms with Crippen molar-refractivity contribution in [2.75, 3.05) is 18.4 Å². The minimum absolute atomic E-state index is 0.0120. The molecule has 2 amide bonds. The Balaban J connectivity index is 2.01. The monoisotopic (exact) mass is 347 g/mol.